The Balaban J connectivity index is 1.33. The zero-order chi connectivity index (χ0) is 34.0. The number of carbonyl (C=O) groups excluding carboxylic acids is 1. The summed E-state index contributed by atoms with van der Waals surface area (Å²) in [6.45, 7) is 9.67. The molecule has 3 aromatic carbocycles. The highest BCUT2D eigenvalue weighted by Crippen LogP contribution is 2.32. The lowest BCUT2D eigenvalue weighted by atomic mass is 9.96. The zero-order valence-corrected chi connectivity index (χ0v) is 28.6. The second-order valence-corrected chi connectivity index (χ2v) is 11.8. The SMILES string of the molecule is CCOC(=O)C1=C(C)N=c2s/c(=C\c3ccc(OCCOCCOc4ccc(C)cc4)c(OCC)c3)c(=O)n2C1c1ccc(OC)cc1. The van der Waals surface area contributed by atoms with Crippen LogP contribution in [0.5, 0.6) is 23.0 Å². The van der Waals surface area contributed by atoms with Gasteiger partial charge in [0.15, 0.2) is 16.3 Å². The van der Waals surface area contributed by atoms with Gasteiger partial charge in [-0.1, -0.05) is 47.2 Å². The van der Waals surface area contributed by atoms with Gasteiger partial charge < -0.3 is 28.4 Å². The van der Waals surface area contributed by atoms with Crippen molar-refractivity contribution < 1.29 is 33.2 Å². The number of rotatable bonds is 15. The van der Waals surface area contributed by atoms with Gasteiger partial charge in [0.05, 0.1) is 55.4 Å². The summed E-state index contributed by atoms with van der Waals surface area (Å²) in [6, 6.07) is 20.0. The molecule has 1 aliphatic rings. The average Bonchev–Trinajstić information content (AvgIpc) is 3.39. The molecule has 2 heterocycles. The molecule has 0 amide bonds. The molecule has 0 aliphatic carbocycles. The third kappa shape index (κ3) is 8.15. The van der Waals surface area contributed by atoms with Gasteiger partial charge in [-0.3, -0.25) is 9.36 Å². The molecule has 4 aromatic rings. The monoisotopic (exact) mass is 672 g/mol. The van der Waals surface area contributed by atoms with Crippen molar-refractivity contribution in [3.8, 4) is 23.0 Å². The molecule has 0 spiro atoms. The van der Waals surface area contributed by atoms with Crippen LogP contribution in [-0.4, -0.2) is 57.3 Å². The highest BCUT2D eigenvalue weighted by molar-refractivity contribution is 7.07. The topological polar surface area (TPSA) is 107 Å². The number of thiazole rings is 1. The second kappa shape index (κ2) is 16.3. The normalized spacial score (nSPS) is 14.3. The number of aryl methyl sites for hydroxylation is 1. The molecule has 252 valence electrons. The van der Waals surface area contributed by atoms with E-state index in [9.17, 15) is 9.59 Å². The Bertz CT molecular complexity index is 1930. The van der Waals surface area contributed by atoms with Crippen LogP contribution in [0.15, 0.2) is 87.8 Å². The number of methoxy groups -OCH3 is 1. The van der Waals surface area contributed by atoms with E-state index < -0.39 is 12.0 Å². The lowest BCUT2D eigenvalue weighted by molar-refractivity contribution is -0.139. The van der Waals surface area contributed by atoms with Crippen LogP contribution < -0.4 is 33.8 Å². The molecule has 10 nitrogen and oxygen atoms in total. The molecular formula is C37H40N2O8S. The maximum Gasteiger partial charge on any atom is 0.338 e. The fourth-order valence-corrected chi connectivity index (χ4v) is 6.26. The van der Waals surface area contributed by atoms with Crippen molar-refractivity contribution in [1.82, 2.24) is 4.57 Å². The summed E-state index contributed by atoms with van der Waals surface area (Å²) in [5.41, 5.74) is 3.23. The lowest BCUT2D eigenvalue weighted by Crippen LogP contribution is -2.39. The predicted molar refractivity (Wildman–Crippen MR) is 184 cm³/mol. The Hall–Kier alpha value is -4.87. The second-order valence-electron chi connectivity index (χ2n) is 10.8. The van der Waals surface area contributed by atoms with Crippen molar-refractivity contribution >= 4 is 23.4 Å². The number of hydrogen-bond acceptors (Lipinski definition) is 10. The molecule has 1 aliphatic heterocycles. The molecule has 1 unspecified atom stereocenters. The van der Waals surface area contributed by atoms with Gasteiger partial charge in [0.2, 0.25) is 0 Å². The molecular weight excluding hydrogens is 632 g/mol. The fraction of sp³-hybridized carbons (Fsp3) is 0.324. The van der Waals surface area contributed by atoms with Crippen LogP contribution in [-0.2, 0) is 14.3 Å². The predicted octanol–water partition coefficient (Wildman–Crippen LogP) is 4.99. The van der Waals surface area contributed by atoms with Gasteiger partial charge in [-0.15, -0.1) is 0 Å². The number of fused-ring (bicyclic) bond motifs is 1. The number of hydrogen-bond donors (Lipinski definition) is 0. The van der Waals surface area contributed by atoms with Gasteiger partial charge in [-0.2, -0.15) is 0 Å². The molecule has 0 bridgehead atoms. The number of esters is 1. The number of carbonyl (C=O) groups is 1. The van der Waals surface area contributed by atoms with Crippen molar-refractivity contribution in [1.29, 1.82) is 0 Å². The summed E-state index contributed by atoms with van der Waals surface area (Å²) >= 11 is 1.26. The van der Waals surface area contributed by atoms with Crippen LogP contribution in [0.25, 0.3) is 6.08 Å². The molecule has 0 saturated carbocycles. The van der Waals surface area contributed by atoms with Crippen LogP contribution >= 0.6 is 11.3 Å². The van der Waals surface area contributed by atoms with Crippen LogP contribution in [0.2, 0.25) is 0 Å². The number of nitrogens with zero attached hydrogens (tertiary/aromatic N) is 2. The molecule has 1 atom stereocenters. The minimum Gasteiger partial charge on any atom is -0.497 e. The van der Waals surface area contributed by atoms with E-state index in [4.69, 9.17) is 28.4 Å². The average molecular weight is 673 g/mol. The first-order chi connectivity index (χ1) is 23.3. The van der Waals surface area contributed by atoms with E-state index in [0.717, 1.165) is 16.9 Å². The smallest absolute Gasteiger partial charge is 0.338 e. The van der Waals surface area contributed by atoms with Crippen molar-refractivity contribution in [2.45, 2.75) is 33.7 Å². The number of allylic oxidation sites excluding steroid dienone is 1. The quantitative estimate of drug-likeness (QED) is 0.129. The van der Waals surface area contributed by atoms with Crippen LogP contribution in [0.4, 0.5) is 0 Å². The molecule has 0 saturated heterocycles. The van der Waals surface area contributed by atoms with E-state index in [2.05, 4.69) is 4.99 Å². The van der Waals surface area contributed by atoms with E-state index in [1.807, 2.05) is 68.4 Å². The van der Waals surface area contributed by atoms with Gasteiger partial charge in [-0.25, -0.2) is 9.79 Å². The number of benzene rings is 3. The van der Waals surface area contributed by atoms with E-state index in [-0.39, 0.29) is 12.2 Å². The van der Waals surface area contributed by atoms with E-state index in [1.54, 1.807) is 43.7 Å². The lowest BCUT2D eigenvalue weighted by Gasteiger charge is -2.24. The summed E-state index contributed by atoms with van der Waals surface area (Å²) in [5, 5.41) is 0. The maximum absolute atomic E-state index is 14.0. The number of ether oxygens (including phenoxy) is 6. The van der Waals surface area contributed by atoms with Crippen molar-refractivity contribution in [2.24, 2.45) is 4.99 Å². The summed E-state index contributed by atoms with van der Waals surface area (Å²) in [4.78, 5) is 32.3. The Labute approximate surface area is 283 Å². The molecule has 0 fully saturated rings. The van der Waals surface area contributed by atoms with Gasteiger partial charge in [-0.05, 0) is 81.3 Å². The van der Waals surface area contributed by atoms with Crippen LogP contribution in [0, 0.1) is 6.92 Å². The van der Waals surface area contributed by atoms with Crippen molar-refractivity contribution in [3.63, 3.8) is 0 Å². The molecule has 0 N–H and O–H groups in total. The highest BCUT2D eigenvalue weighted by Gasteiger charge is 2.33. The van der Waals surface area contributed by atoms with E-state index in [0.29, 0.717) is 70.9 Å². The zero-order valence-electron chi connectivity index (χ0n) is 27.8. The Kier molecular flexibility index (Phi) is 11.7. The Morgan fingerprint density at radius 2 is 1.56 bits per heavy atom. The maximum atomic E-state index is 14.0. The summed E-state index contributed by atoms with van der Waals surface area (Å²) in [7, 11) is 1.59. The third-order valence-electron chi connectivity index (χ3n) is 7.52. The standard InChI is InChI=1S/C37H40N2O8S/c1-6-44-31-22-26(10-17-30(31)47-21-19-43-18-20-46-29-13-8-24(3)9-14-29)23-32-35(40)39-34(27-11-15-28(42-5)16-12-27)33(36(41)45-7-2)25(4)38-37(39)48-32/h8-17,22-23,34H,6-7,18-21H2,1-5H3/b32-23-. The van der Waals surface area contributed by atoms with Gasteiger partial charge in [0.25, 0.3) is 5.56 Å². The van der Waals surface area contributed by atoms with E-state index in [1.165, 1.54) is 16.9 Å². The minimum atomic E-state index is -0.709. The summed E-state index contributed by atoms with van der Waals surface area (Å²) < 4.78 is 35.9. The van der Waals surface area contributed by atoms with Gasteiger partial charge in [0, 0.05) is 0 Å². The minimum absolute atomic E-state index is 0.202. The summed E-state index contributed by atoms with van der Waals surface area (Å²) in [5.74, 6) is 2.09. The first kappa shape index (κ1) is 34.5. The van der Waals surface area contributed by atoms with Crippen molar-refractivity contribution in [3.05, 3.63) is 114 Å². The molecule has 11 heteroatoms. The first-order valence-corrected chi connectivity index (χ1v) is 16.6. The summed E-state index contributed by atoms with van der Waals surface area (Å²) in [6.07, 6.45) is 1.79. The molecule has 0 radical (unpaired) electrons. The molecule has 5 rings (SSSR count). The molecule has 1 aromatic heterocycles. The molecule has 48 heavy (non-hydrogen) atoms. The van der Waals surface area contributed by atoms with E-state index >= 15 is 0 Å². The van der Waals surface area contributed by atoms with Gasteiger partial charge >= 0.3 is 5.97 Å². The Morgan fingerprint density at radius 1 is 0.854 bits per heavy atom. The number of aromatic nitrogens is 1. The van der Waals surface area contributed by atoms with Crippen molar-refractivity contribution in [2.75, 3.05) is 46.8 Å². The fourth-order valence-electron chi connectivity index (χ4n) is 5.21. The van der Waals surface area contributed by atoms with Gasteiger partial charge in [0.1, 0.15) is 24.7 Å². The Morgan fingerprint density at radius 3 is 2.25 bits per heavy atom. The highest BCUT2D eigenvalue weighted by atomic mass is 32.1. The van der Waals surface area contributed by atoms with Crippen LogP contribution in [0.3, 0.4) is 0 Å². The largest absolute Gasteiger partial charge is 0.497 e. The van der Waals surface area contributed by atoms with Crippen LogP contribution in [0.1, 0.15) is 43.5 Å². The first-order valence-electron chi connectivity index (χ1n) is 15.8. The third-order valence-corrected chi connectivity index (χ3v) is 8.50.